The van der Waals surface area contributed by atoms with Gasteiger partial charge in [-0.15, -0.1) is 0 Å². The lowest BCUT2D eigenvalue weighted by Gasteiger charge is -2.19. The summed E-state index contributed by atoms with van der Waals surface area (Å²) < 4.78 is 0. The monoisotopic (exact) mass is 300 g/mol. The molecule has 2 N–H and O–H groups in total. The van der Waals surface area contributed by atoms with Gasteiger partial charge in [0.25, 0.3) is 0 Å². The van der Waals surface area contributed by atoms with Crippen molar-refractivity contribution in [1.82, 2.24) is 0 Å². The smallest absolute Gasteiger partial charge is 0.193 e. The van der Waals surface area contributed by atoms with Gasteiger partial charge in [0.05, 0.1) is 0 Å². The second-order valence-electron chi connectivity index (χ2n) is 5.81. The van der Waals surface area contributed by atoms with Crippen LogP contribution in [0.3, 0.4) is 0 Å². The van der Waals surface area contributed by atoms with E-state index in [4.69, 9.17) is 10.5 Å². The van der Waals surface area contributed by atoms with E-state index in [1.54, 1.807) is 0 Å². The van der Waals surface area contributed by atoms with Gasteiger partial charge in [-0.3, -0.25) is 15.3 Å². The van der Waals surface area contributed by atoms with Crippen molar-refractivity contribution in [3.05, 3.63) is 70.8 Å². The third-order valence-corrected chi connectivity index (χ3v) is 3.62. The van der Waals surface area contributed by atoms with E-state index in [2.05, 4.69) is 33.8 Å². The molecule has 3 heteroatoms. The van der Waals surface area contributed by atoms with Gasteiger partial charge >= 0.3 is 0 Å². The van der Waals surface area contributed by atoms with Crippen LogP contribution < -0.4 is 0 Å². The molecule has 0 heterocycles. The maximum absolute atomic E-state index is 12.7. The molecule has 3 nitrogen and oxygen atoms in total. The number of carbonyl (C=O) groups excluding carboxylic acids is 1. The molecule has 0 atom stereocenters. The zero-order valence-corrected chi connectivity index (χ0v) is 13.6. The van der Waals surface area contributed by atoms with Crippen LogP contribution in [0.4, 0.5) is 0 Å². The number of rotatable bonds is 4. The molecule has 118 valence electrons. The Morgan fingerprint density at radius 1 is 0.818 bits per heavy atom. The van der Waals surface area contributed by atoms with Crippen LogP contribution >= 0.6 is 0 Å². The molecule has 0 aromatic heterocycles. The summed E-state index contributed by atoms with van der Waals surface area (Å²) >= 11 is 0. The number of ketones is 1. The molecule has 2 aromatic rings. The molecule has 0 radical (unpaired) electrons. The molecule has 0 saturated heterocycles. The van der Waals surface area contributed by atoms with Crippen molar-refractivity contribution in [3.8, 4) is 0 Å². The molecule has 0 aliphatic heterocycles. The van der Waals surface area contributed by atoms with Crippen LogP contribution in [-0.4, -0.2) is 16.3 Å². The zero-order chi connectivity index (χ0) is 16.7. The van der Waals surface area contributed by atoms with Gasteiger partial charge in [-0.2, -0.15) is 0 Å². The van der Waals surface area contributed by atoms with E-state index in [1.807, 2.05) is 42.5 Å². The topological polar surface area (TPSA) is 57.5 Å². The first kappa shape index (κ1) is 18.1. The highest BCUT2D eigenvalue weighted by Gasteiger charge is 2.19. The molecular weight excluding hydrogens is 276 g/mol. The van der Waals surface area contributed by atoms with E-state index in [9.17, 15) is 4.79 Å². The van der Waals surface area contributed by atoms with Crippen molar-refractivity contribution in [3.63, 3.8) is 0 Å². The van der Waals surface area contributed by atoms with Crippen LogP contribution in [0.1, 0.15) is 66.6 Å². The summed E-state index contributed by atoms with van der Waals surface area (Å²) in [6.45, 7) is 8.67. The zero-order valence-electron chi connectivity index (χ0n) is 13.6. The lowest BCUT2D eigenvalue weighted by Crippen LogP contribution is -2.10. The molecule has 2 aromatic carbocycles. The van der Waals surface area contributed by atoms with E-state index in [1.165, 1.54) is 11.1 Å². The Morgan fingerprint density at radius 3 is 1.91 bits per heavy atom. The van der Waals surface area contributed by atoms with Crippen molar-refractivity contribution >= 4 is 5.78 Å². The standard InChI is InChI=1S/C19H22O.H2O2/c1-13(2)16-11-8-12-17(18(16)14(3)4)19(20)15-9-6-5-7-10-15;1-2/h5-14H,1-4H3;1-2H. The summed E-state index contributed by atoms with van der Waals surface area (Å²) in [5, 5.41) is 12.0. The van der Waals surface area contributed by atoms with E-state index >= 15 is 0 Å². The number of carbonyl (C=O) groups is 1. The van der Waals surface area contributed by atoms with E-state index < -0.39 is 0 Å². The van der Waals surface area contributed by atoms with Crippen LogP contribution in [-0.2, 0) is 0 Å². The van der Waals surface area contributed by atoms with E-state index in [0.717, 1.165) is 11.1 Å². The molecule has 0 fully saturated rings. The Bertz CT molecular complexity index is 601. The molecule has 0 amide bonds. The van der Waals surface area contributed by atoms with E-state index in [-0.39, 0.29) is 5.78 Å². The normalized spacial score (nSPS) is 10.4. The SMILES string of the molecule is CC(C)c1cccc(C(=O)c2ccccc2)c1C(C)C.OO. The van der Waals surface area contributed by atoms with Crippen LogP contribution in [0, 0.1) is 0 Å². The highest BCUT2D eigenvalue weighted by Crippen LogP contribution is 2.30. The predicted molar refractivity (Wildman–Crippen MR) is 89.8 cm³/mol. The van der Waals surface area contributed by atoms with Gasteiger partial charge in [0, 0.05) is 11.1 Å². The molecule has 0 spiro atoms. The maximum Gasteiger partial charge on any atom is 0.193 e. The molecule has 2 rings (SSSR count). The quantitative estimate of drug-likeness (QED) is 0.464. The molecule has 0 aliphatic rings. The summed E-state index contributed by atoms with van der Waals surface area (Å²) in [5.74, 6) is 0.893. The van der Waals surface area contributed by atoms with E-state index in [0.29, 0.717) is 11.8 Å². The van der Waals surface area contributed by atoms with Gasteiger partial charge in [-0.05, 0) is 23.0 Å². The minimum Gasteiger partial charge on any atom is -0.289 e. The number of hydrogen-bond acceptors (Lipinski definition) is 3. The first-order valence-corrected chi connectivity index (χ1v) is 7.45. The molecular formula is C19H24O3. The van der Waals surface area contributed by atoms with Crippen molar-refractivity contribution in [1.29, 1.82) is 0 Å². The second-order valence-corrected chi connectivity index (χ2v) is 5.81. The van der Waals surface area contributed by atoms with Gasteiger partial charge in [0.1, 0.15) is 0 Å². The van der Waals surface area contributed by atoms with Crippen LogP contribution in [0.5, 0.6) is 0 Å². The Hall–Kier alpha value is -1.97. The van der Waals surface area contributed by atoms with Crippen LogP contribution in [0.25, 0.3) is 0 Å². The third kappa shape index (κ3) is 4.03. The minimum atomic E-state index is 0.122. The fourth-order valence-corrected chi connectivity index (χ4v) is 2.67. The first-order valence-electron chi connectivity index (χ1n) is 7.45. The fraction of sp³-hybridized carbons (Fsp3) is 0.316. The summed E-state index contributed by atoms with van der Waals surface area (Å²) in [6.07, 6.45) is 0. The average Bonchev–Trinajstić information content (AvgIpc) is 2.56. The number of benzene rings is 2. The molecule has 22 heavy (non-hydrogen) atoms. The predicted octanol–water partition coefficient (Wildman–Crippen LogP) is 5.18. The molecule has 0 aliphatic carbocycles. The lowest BCUT2D eigenvalue weighted by molar-refractivity contribution is -0.176. The van der Waals surface area contributed by atoms with Gasteiger partial charge < -0.3 is 0 Å². The number of hydrogen-bond donors (Lipinski definition) is 2. The van der Waals surface area contributed by atoms with Gasteiger partial charge in [0.15, 0.2) is 5.78 Å². The lowest BCUT2D eigenvalue weighted by atomic mass is 9.84. The summed E-state index contributed by atoms with van der Waals surface area (Å²) in [7, 11) is 0. The largest absolute Gasteiger partial charge is 0.289 e. The highest BCUT2D eigenvalue weighted by molar-refractivity contribution is 6.10. The van der Waals surface area contributed by atoms with Gasteiger partial charge in [-0.1, -0.05) is 76.2 Å². The summed E-state index contributed by atoms with van der Waals surface area (Å²) in [6, 6.07) is 15.6. The Balaban J connectivity index is 0.00000116. The Morgan fingerprint density at radius 2 is 1.41 bits per heavy atom. The van der Waals surface area contributed by atoms with Crippen LogP contribution in [0.2, 0.25) is 0 Å². The average molecular weight is 300 g/mol. The minimum absolute atomic E-state index is 0.122. The van der Waals surface area contributed by atoms with Crippen molar-refractivity contribution in [2.24, 2.45) is 0 Å². The highest BCUT2D eigenvalue weighted by atomic mass is 17.0. The Kier molecular flexibility index (Phi) is 6.96. The van der Waals surface area contributed by atoms with Gasteiger partial charge in [0.2, 0.25) is 0 Å². The maximum atomic E-state index is 12.7. The molecule has 0 bridgehead atoms. The van der Waals surface area contributed by atoms with Crippen molar-refractivity contribution < 1.29 is 15.3 Å². The third-order valence-electron chi connectivity index (χ3n) is 3.62. The summed E-state index contributed by atoms with van der Waals surface area (Å²) in [5.41, 5.74) is 4.07. The molecule has 0 unspecified atom stereocenters. The first-order chi connectivity index (χ1) is 10.5. The Labute approximate surface area is 132 Å². The second kappa shape index (κ2) is 8.47. The van der Waals surface area contributed by atoms with Crippen molar-refractivity contribution in [2.75, 3.05) is 0 Å². The van der Waals surface area contributed by atoms with Crippen molar-refractivity contribution in [2.45, 2.75) is 39.5 Å². The molecule has 0 saturated carbocycles. The fourth-order valence-electron chi connectivity index (χ4n) is 2.67. The summed E-state index contributed by atoms with van der Waals surface area (Å²) in [4.78, 5) is 12.7. The van der Waals surface area contributed by atoms with Crippen LogP contribution in [0.15, 0.2) is 48.5 Å². The van der Waals surface area contributed by atoms with Gasteiger partial charge in [-0.25, -0.2) is 0 Å².